The number of esters is 1. The molecule has 11 heteroatoms. The number of urea groups is 1. The lowest BCUT2D eigenvalue weighted by Gasteiger charge is -2.40. The van der Waals surface area contributed by atoms with Crippen molar-refractivity contribution in [3.8, 4) is 0 Å². The minimum atomic E-state index is -0.828. The average Bonchev–Trinajstić information content (AvgIpc) is 3.13. The minimum absolute atomic E-state index is 0.0176. The maximum atomic E-state index is 13.7. The molecule has 0 spiro atoms. The van der Waals surface area contributed by atoms with Gasteiger partial charge in [0.05, 0.1) is 43.1 Å². The van der Waals surface area contributed by atoms with Crippen LogP contribution in [0.15, 0.2) is 12.1 Å². The Kier molecular flexibility index (Phi) is 8.24. The smallest absolute Gasteiger partial charge is 0.458 e. The number of ether oxygens (including phenoxy) is 3. The van der Waals surface area contributed by atoms with Crippen LogP contribution in [0.1, 0.15) is 78.1 Å². The van der Waals surface area contributed by atoms with Crippen molar-refractivity contribution >= 4 is 24.6 Å². The molecule has 2 amide bonds. The zero-order valence-electron chi connectivity index (χ0n) is 25.9. The van der Waals surface area contributed by atoms with Crippen LogP contribution >= 0.6 is 0 Å². The van der Waals surface area contributed by atoms with Crippen LogP contribution in [0.3, 0.4) is 0 Å². The van der Waals surface area contributed by atoms with Crippen LogP contribution in [0.2, 0.25) is 0 Å². The number of hydrogen-bond acceptors (Lipinski definition) is 8. The fourth-order valence-electron chi connectivity index (χ4n) is 5.91. The number of rotatable bonds is 3. The van der Waals surface area contributed by atoms with Gasteiger partial charge in [-0.3, -0.25) is 0 Å². The molecule has 226 valence electrons. The second kappa shape index (κ2) is 11.2. The number of nitrogens with zero attached hydrogens (tertiary/aromatic N) is 2. The van der Waals surface area contributed by atoms with Crippen LogP contribution in [-0.2, 0) is 41.3 Å². The van der Waals surface area contributed by atoms with E-state index in [1.165, 1.54) is 0 Å². The van der Waals surface area contributed by atoms with Crippen molar-refractivity contribution in [2.24, 2.45) is 0 Å². The molecule has 0 bridgehead atoms. The van der Waals surface area contributed by atoms with Crippen molar-refractivity contribution < 1.29 is 33.1 Å². The summed E-state index contributed by atoms with van der Waals surface area (Å²) in [4.78, 5) is 30.8. The first-order valence-corrected chi connectivity index (χ1v) is 14.9. The van der Waals surface area contributed by atoms with E-state index in [9.17, 15) is 9.59 Å². The third-order valence-electron chi connectivity index (χ3n) is 8.85. The highest BCUT2D eigenvalue weighted by Gasteiger charge is 2.52. The largest absolute Gasteiger partial charge is 0.494 e. The summed E-state index contributed by atoms with van der Waals surface area (Å²) in [6.07, 6.45) is -0.142. The molecule has 4 aliphatic heterocycles. The summed E-state index contributed by atoms with van der Waals surface area (Å²) in [6, 6.07) is 3.80. The molecule has 0 aliphatic carbocycles. The Bertz CT molecular complexity index is 1150. The molecule has 0 saturated carbocycles. The third-order valence-corrected chi connectivity index (χ3v) is 8.85. The van der Waals surface area contributed by atoms with Gasteiger partial charge in [0.2, 0.25) is 0 Å². The zero-order chi connectivity index (χ0) is 29.7. The summed E-state index contributed by atoms with van der Waals surface area (Å²) in [5.74, 6) is -0.407. The second-order valence-electron chi connectivity index (χ2n) is 13.7. The summed E-state index contributed by atoms with van der Waals surface area (Å²) in [5.41, 5.74) is 2.34. The van der Waals surface area contributed by atoms with Gasteiger partial charge in [-0.25, -0.2) is 9.59 Å². The lowest BCUT2D eigenvalue weighted by molar-refractivity contribution is -0.173. The summed E-state index contributed by atoms with van der Waals surface area (Å²) in [6.45, 7) is 19.4. The Morgan fingerprint density at radius 3 is 2.44 bits per heavy atom. The molecule has 4 heterocycles. The monoisotopic (exact) mass is 571 g/mol. The van der Waals surface area contributed by atoms with Crippen molar-refractivity contribution in [1.82, 2.24) is 15.1 Å². The standard InChI is InChI=1S/C30H46BN3O7/c1-19-18-37-14-12-34(19)27(36)33-11-9-20-15-21(31-40-29(5,6)30(7,8)41-31)16-22(23(20)17-33)24-25(38-13-10-32-24)26(35)39-28(2,3)4/h15-16,19,24-25,32H,9-14,17-18H2,1-8H3/t19-,24+,25?/m0/s1. The molecule has 3 atom stereocenters. The first kappa shape index (κ1) is 30.3. The molecular weight excluding hydrogens is 525 g/mol. The highest BCUT2D eigenvalue weighted by molar-refractivity contribution is 6.62. The molecule has 1 aromatic carbocycles. The molecule has 3 saturated heterocycles. The van der Waals surface area contributed by atoms with E-state index in [0.717, 1.165) is 22.2 Å². The second-order valence-corrected chi connectivity index (χ2v) is 13.7. The number of morpholine rings is 2. The molecule has 5 rings (SSSR count). The number of benzene rings is 1. The van der Waals surface area contributed by atoms with Gasteiger partial charge in [-0.2, -0.15) is 0 Å². The number of fused-ring (bicyclic) bond motifs is 1. The summed E-state index contributed by atoms with van der Waals surface area (Å²) >= 11 is 0. The van der Waals surface area contributed by atoms with Gasteiger partial charge in [0.1, 0.15) is 5.60 Å². The maximum absolute atomic E-state index is 13.7. The van der Waals surface area contributed by atoms with Gasteiger partial charge in [0.25, 0.3) is 0 Å². The molecule has 10 nitrogen and oxygen atoms in total. The van der Waals surface area contributed by atoms with Crippen molar-refractivity contribution in [1.29, 1.82) is 0 Å². The van der Waals surface area contributed by atoms with Crippen molar-refractivity contribution in [3.05, 3.63) is 28.8 Å². The molecule has 1 N–H and O–H groups in total. The predicted octanol–water partition coefficient (Wildman–Crippen LogP) is 2.56. The lowest BCUT2D eigenvalue weighted by atomic mass is 9.74. The van der Waals surface area contributed by atoms with E-state index in [1.807, 2.05) is 65.2 Å². The molecule has 0 radical (unpaired) electrons. The summed E-state index contributed by atoms with van der Waals surface area (Å²) in [5, 5.41) is 3.53. The Balaban J connectivity index is 1.52. The van der Waals surface area contributed by atoms with Gasteiger partial charge < -0.3 is 38.6 Å². The molecule has 3 fully saturated rings. The van der Waals surface area contributed by atoms with Crippen LogP contribution in [0.25, 0.3) is 0 Å². The Labute approximate surface area is 244 Å². The number of carbonyl (C=O) groups excluding carboxylic acids is 2. The number of amides is 2. The van der Waals surface area contributed by atoms with E-state index < -0.39 is 42.0 Å². The average molecular weight is 572 g/mol. The SMILES string of the molecule is C[C@H]1COCCN1C(=O)N1CCc2cc(B3OC(C)(C)C(C)(C)O3)cc([C@H]3NCCOC3C(=O)OC(C)(C)C)c2C1. The van der Waals surface area contributed by atoms with Gasteiger partial charge in [-0.05, 0) is 84.0 Å². The van der Waals surface area contributed by atoms with Crippen LogP contribution in [0, 0.1) is 0 Å². The quantitative estimate of drug-likeness (QED) is 0.437. The van der Waals surface area contributed by atoms with E-state index in [4.69, 9.17) is 23.5 Å². The molecule has 1 unspecified atom stereocenters. The molecule has 4 aliphatic rings. The summed E-state index contributed by atoms with van der Waals surface area (Å²) in [7, 11) is -0.553. The third kappa shape index (κ3) is 6.15. The molecule has 41 heavy (non-hydrogen) atoms. The first-order chi connectivity index (χ1) is 19.2. The van der Waals surface area contributed by atoms with E-state index in [0.29, 0.717) is 52.4 Å². The van der Waals surface area contributed by atoms with E-state index in [-0.39, 0.29) is 12.1 Å². The van der Waals surface area contributed by atoms with E-state index in [2.05, 4.69) is 17.4 Å². The number of hydrogen-bond donors (Lipinski definition) is 1. The highest BCUT2D eigenvalue weighted by atomic mass is 16.7. The van der Waals surface area contributed by atoms with Crippen molar-refractivity contribution in [2.75, 3.05) is 39.5 Å². The Morgan fingerprint density at radius 2 is 1.78 bits per heavy atom. The number of carbonyl (C=O) groups is 2. The van der Waals surface area contributed by atoms with E-state index >= 15 is 0 Å². The highest BCUT2D eigenvalue weighted by Crippen LogP contribution is 2.38. The van der Waals surface area contributed by atoms with Crippen molar-refractivity contribution in [2.45, 2.75) is 103 Å². The van der Waals surface area contributed by atoms with Crippen LogP contribution in [-0.4, -0.2) is 97.3 Å². The molecule has 0 aromatic heterocycles. The molecular formula is C30H46BN3O7. The predicted molar refractivity (Wildman–Crippen MR) is 155 cm³/mol. The van der Waals surface area contributed by atoms with E-state index in [1.54, 1.807) is 0 Å². The lowest BCUT2D eigenvalue weighted by Crippen LogP contribution is -2.54. The maximum Gasteiger partial charge on any atom is 0.494 e. The molecule has 1 aromatic rings. The Hall–Kier alpha value is -2.18. The summed E-state index contributed by atoms with van der Waals surface area (Å²) < 4.78 is 30.2. The fraction of sp³-hybridized carbons (Fsp3) is 0.733. The first-order valence-electron chi connectivity index (χ1n) is 14.9. The topological polar surface area (TPSA) is 98.8 Å². The fourth-order valence-corrected chi connectivity index (χ4v) is 5.91. The normalized spacial score (nSPS) is 27.9. The van der Waals surface area contributed by atoms with Gasteiger partial charge in [0.15, 0.2) is 6.10 Å². The number of nitrogens with one attached hydrogen (secondary N) is 1. The van der Waals surface area contributed by atoms with Crippen LogP contribution in [0.5, 0.6) is 0 Å². The zero-order valence-corrected chi connectivity index (χ0v) is 25.9. The minimum Gasteiger partial charge on any atom is -0.458 e. The Morgan fingerprint density at radius 1 is 1.07 bits per heavy atom. The van der Waals surface area contributed by atoms with Gasteiger partial charge in [-0.15, -0.1) is 0 Å². The van der Waals surface area contributed by atoms with Crippen LogP contribution < -0.4 is 10.8 Å². The van der Waals surface area contributed by atoms with Gasteiger partial charge >= 0.3 is 19.1 Å². The van der Waals surface area contributed by atoms with Crippen LogP contribution in [0.4, 0.5) is 4.79 Å². The van der Waals surface area contributed by atoms with Crippen molar-refractivity contribution in [3.63, 3.8) is 0 Å². The van der Waals surface area contributed by atoms with Gasteiger partial charge in [-0.1, -0.05) is 12.1 Å². The van der Waals surface area contributed by atoms with Gasteiger partial charge in [0, 0.05) is 26.2 Å².